The standard InChI is InChI=1S/C12H10N2O3/c15-12(17-11-4-2-6-14-8-11)9-16-10-3-1-5-13-7-10/h1-8H,9H2. The van der Waals surface area contributed by atoms with Gasteiger partial charge in [0.2, 0.25) is 0 Å². The molecular weight excluding hydrogens is 220 g/mol. The van der Waals surface area contributed by atoms with Gasteiger partial charge >= 0.3 is 5.97 Å². The van der Waals surface area contributed by atoms with Crippen molar-refractivity contribution in [1.29, 1.82) is 0 Å². The van der Waals surface area contributed by atoms with E-state index in [9.17, 15) is 4.79 Å². The van der Waals surface area contributed by atoms with E-state index in [1.165, 1.54) is 12.4 Å². The average Bonchev–Trinajstić information content (AvgIpc) is 2.39. The van der Waals surface area contributed by atoms with Crippen LogP contribution in [0.2, 0.25) is 0 Å². The zero-order valence-electron chi connectivity index (χ0n) is 8.95. The molecule has 0 fully saturated rings. The smallest absolute Gasteiger partial charge is 0.349 e. The number of carbonyl (C=O) groups is 1. The minimum Gasteiger partial charge on any atom is -0.480 e. The highest BCUT2D eigenvalue weighted by molar-refractivity contribution is 5.73. The number of ether oxygens (including phenoxy) is 2. The van der Waals surface area contributed by atoms with Crippen LogP contribution in [0.3, 0.4) is 0 Å². The first kappa shape index (κ1) is 11.1. The molecule has 0 aliphatic carbocycles. The molecule has 0 aliphatic rings. The first-order chi connectivity index (χ1) is 8.34. The van der Waals surface area contributed by atoms with Crippen LogP contribution in [0, 0.1) is 0 Å². The Morgan fingerprint density at radius 1 is 1.06 bits per heavy atom. The summed E-state index contributed by atoms with van der Waals surface area (Å²) in [5.41, 5.74) is 0. The van der Waals surface area contributed by atoms with E-state index < -0.39 is 5.97 Å². The van der Waals surface area contributed by atoms with E-state index in [0.29, 0.717) is 11.5 Å². The highest BCUT2D eigenvalue weighted by Gasteiger charge is 2.05. The second-order valence-electron chi connectivity index (χ2n) is 3.14. The molecule has 0 saturated carbocycles. The second kappa shape index (κ2) is 5.60. The fourth-order valence-corrected chi connectivity index (χ4v) is 1.14. The molecule has 2 aromatic heterocycles. The van der Waals surface area contributed by atoms with E-state index in [4.69, 9.17) is 9.47 Å². The van der Waals surface area contributed by atoms with Gasteiger partial charge in [-0.2, -0.15) is 0 Å². The van der Waals surface area contributed by atoms with E-state index in [2.05, 4.69) is 9.97 Å². The van der Waals surface area contributed by atoms with Gasteiger partial charge in [-0.15, -0.1) is 0 Å². The lowest BCUT2D eigenvalue weighted by Gasteiger charge is -2.05. The number of rotatable bonds is 4. The van der Waals surface area contributed by atoms with E-state index in [1.807, 2.05) is 0 Å². The molecule has 2 heterocycles. The molecule has 0 spiro atoms. The van der Waals surface area contributed by atoms with E-state index in [-0.39, 0.29) is 6.61 Å². The fraction of sp³-hybridized carbons (Fsp3) is 0.0833. The van der Waals surface area contributed by atoms with E-state index in [0.717, 1.165) is 0 Å². The summed E-state index contributed by atoms with van der Waals surface area (Å²) >= 11 is 0. The third-order valence-electron chi connectivity index (χ3n) is 1.86. The summed E-state index contributed by atoms with van der Waals surface area (Å²) in [7, 11) is 0. The van der Waals surface area contributed by atoms with Crippen molar-refractivity contribution in [1.82, 2.24) is 9.97 Å². The van der Waals surface area contributed by atoms with Gasteiger partial charge in [0, 0.05) is 12.4 Å². The van der Waals surface area contributed by atoms with E-state index in [1.54, 1.807) is 36.7 Å². The molecule has 0 saturated heterocycles. The van der Waals surface area contributed by atoms with Crippen LogP contribution in [0.15, 0.2) is 49.1 Å². The molecule has 17 heavy (non-hydrogen) atoms. The van der Waals surface area contributed by atoms with Gasteiger partial charge in [0.15, 0.2) is 6.61 Å². The van der Waals surface area contributed by atoms with Crippen molar-refractivity contribution in [3.63, 3.8) is 0 Å². The quantitative estimate of drug-likeness (QED) is 0.744. The molecule has 0 aromatic carbocycles. The molecule has 0 aliphatic heterocycles. The van der Waals surface area contributed by atoms with Crippen molar-refractivity contribution in [2.45, 2.75) is 0 Å². The molecule has 5 nitrogen and oxygen atoms in total. The summed E-state index contributed by atoms with van der Waals surface area (Å²) in [6.45, 7) is -0.166. The number of aromatic nitrogens is 2. The number of nitrogens with zero attached hydrogens (tertiary/aromatic N) is 2. The predicted molar refractivity (Wildman–Crippen MR) is 59.6 cm³/mol. The summed E-state index contributed by atoms with van der Waals surface area (Å²) < 4.78 is 10.2. The van der Waals surface area contributed by atoms with Gasteiger partial charge in [0.05, 0.1) is 12.4 Å². The molecule has 0 N–H and O–H groups in total. The lowest BCUT2D eigenvalue weighted by atomic mass is 10.4. The molecular formula is C12H10N2O3. The molecule has 0 atom stereocenters. The number of esters is 1. The van der Waals surface area contributed by atoms with Crippen LogP contribution in [0.25, 0.3) is 0 Å². The van der Waals surface area contributed by atoms with Crippen molar-refractivity contribution < 1.29 is 14.3 Å². The summed E-state index contributed by atoms with van der Waals surface area (Å²) in [6.07, 6.45) is 6.21. The molecule has 2 rings (SSSR count). The Morgan fingerprint density at radius 3 is 2.29 bits per heavy atom. The maximum Gasteiger partial charge on any atom is 0.349 e. The molecule has 0 unspecified atom stereocenters. The van der Waals surface area contributed by atoms with Gasteiger partial charge in [-0.3, -0.25) is 9.97 Å². The topological polar surface area (TPSA) is 61.3 Å². The number of hydrogen-bond donors (Lipinski definition) is 0. The van der Waals surface area contributed by atoms with Crippen LogP contribution in [-0.4, -0.2) is 22.5 Å². The summed E-state index contributed by atoms with van der Waals surface area (Å²) in [5.74, 6) is 0.435. The van der Waals surface area contributed by atoms with E-state index >= 15 is 0 Å². The largest absolute Gasteiger partial charge is 0.480 e. The zero-order valence-corrected chi connectivity index (χ0v) is 8.95. The van der Waals surface area contributed by atoms with Crippen LogP contribution >= 0.6 is 0 Å². The fourth-order valence-electron chi connectivity index (χ4n) is 1.14. The van der Waals surface area contributed by atoms with Crippen LogP contribution in [0.5, 0.6) is 11.5 Å². The highest BCUT2D eigenvalue weighted by atomic mass is 16.6. The van der Waals surface area contributed by atoms with Crippen LogP contribution in [0.4, 0.5) is 0 Å². The van der Waals surface area contributed by atoms with Crippen molar-refractivity contribution >= 4 is 5.97 Å². The Morgan fingerprint density at radius 2 is 1.71 bits per heavy atom. The van der Waals surface area contributed by atoms with Crippen molar-refractivity contribution in [3.8, 4) is 11.5 Å². The van der Waals surface area contributed by atoms with Gasteiger partial charge < -0.3 is 9.47 Å². The summed E-state index contributed by atoms with van der Waals surface area (Å²) in [5, 5.41) is 0. The lowest BCUT2D eigenvalue weighted by Crippen LogP contribution is -2.17. The monoisotopic (exact) mass is 230 g/mol. The van der Waals surface area contributed by atoms with Gasteiger partial charge in [-0.1, -0.05) is 0 Å². The Hall–Kier alpha value is -2.43. The number of carbonyl (C=O) groups excluding carboxylic acids is 1. The van der Waals surface area contributed by atoms with Gasteiger partial charge in [0.1, 0.15) is 11.5 Å². The Bertz CT molecular complexity index is 474. The first-order valence-electron chi connectivity index (χ1n) is 4.98. The molecule has 86 valence electrons. The van der Waals surface area contributed by atoms with Crippen LogP contribution < -0.4 is 9.47 Å². The van der Waals surface area contributed by atoms with Crippen molar-refractivity contribution in [2.75, 3.05) is 6.61 Å². The zero-order chi connectivity index (χ0) is 11.9. The Kier molecular flexibility index (Phi) is 3.64. The minimum atomic E-state index is -0.484. The summed E-state index contributed by atoms with van der Waals surface area (Å²) in [6, 6.07) is 6.77. The maximum absolute atomic E-state index is 11.4. The first-order valence-corrected chi connectivity index (χ1v) is 4.98. The molecule has 2 aromatic rings. The number of hydrogen-bond acceptors (Lipinski definition) is 5. The lowest BCUT2D eigenvalue weighted by molar-refractivity contribution is -0.136. The van der Waals surface area contributed by atoms with Crippen molar-refractivity contribution in [3.05, 3.63) is 49.1 Å². The second-order valence-corrected chi connectivity index (χ2v) is 3.14. The van der Waals surface area contributed by atoms with Crippen LogP contribution in [-0.2, 0) is 4.79 Å². The molecule has 0 amide bonds. The minimum absolute atomic E-state index is 0.166. The normalized spacial score (nSPS) is 9.65. The Labute approximate surface area is 98.0 Å². The third kappa shape index (κ3) is 3.57. The van der Waals surface area contributed by atoms with Gasteiger partial charge in [-0.25, -0.2) is 4.79 Å². The van der Waals surface area contributed by atoms with Crippen molar-refractivity contribution in [2.24, 2.45) is 0 Å². The molecule has 0 bridgehead atoms. The molecule has 0 radical (unpaired) electrons. The average molecular weight is 230 g/mol. The van der Waals surface area contributed by atoms with Gasteiger partial charge in [0.25, 0.3) is 0 Å². The molecule has 5 heteroatoms. The van der Waals surface area contributed by atoms with Crippen LogP contribution in [0.1, 0.15) is 0 Å². The summed E-state index contributed by atoms with van der Waals surface area (Å²) in [4.78, 5) is 19.1. The predicted octanol–water partition coefficient (Wildman–Crippen LogP) is 1.46. The number of pyridine rings is 2. The highest BCUT2D eigenvalue weighted by Crippen LogP contribution is 2.08. The maximum atomic E-state index is 11.4. The third-order valence-corrected chi connectivity index (χ3v) is 1.86. The SMILES string of the molecule is O=C(COc1cccnc1)Oc1cccnc1. The Balaban J connectivity index is 1.83. The van der Waals surface area contributed by atoms with Gasteiger partial charge in [-0.05, 0) is 24.3 Å².